The first kappa shape index (κ1) is 14.5. The van der Waals surface area contributed by atoms with Gasteiger partial charge in [0, 0.05) is 8.95 Å². The molecule has 0 spiro atoms. The number of hydrogen-bond donors (Lipinski definition) is 1. The average molecular weight is 390 g/mol. The first-order valence-corrected chi connectivity index (χ1v) is 7.43. The van der Waals surface area contributed by atoms with E-state index in [0.29, 0.717) is 5.69 Å². The molecular formula is C13H14Br2N2O2. The van der Waals surface area contributed by atoms with Crippen LogP contribution in [0.15, 0.2) is 27.1 Å². The van der Waals surface area contributed by atoms with E-state index in [9.17, 15) is 9.59 Å². The second kappa shape index (κ2) is 4.90. The Bertz CT molecular complexity index is 558. The van der Waals surface area contributed by atoms with Crippen molar-refractivity contribution >= 4 is 49.4 Å². The topological polar surface area (TPSA) is 49.4 Å². The number of nitrogens with one attached hydrogen (secondary N) is 1. The second-order valence-electron chi connectivity index (χ2n) is 5.06. The molecule has 0 bridgehead atoms. The first-order valence-electron chi connectivity index (χ1n) is 5.85. The average Bonchev–Trinajstić information content (AvgIpc) is 2.29. The van der Waals surface area contributed by atoms with Crippen molar-refractivity contribution in [3.8, 4) is 0 Å². The van der Waals surface area contributed by atoms with Gasteiger partial charge in [-0.25, -0.2) is 0 Å². The molecule has 0 saturated carbocycles. The molecule has 2 rings (SSSR count). The van der Waals surface area contributed by atoms with Crippen molar-refractivity contribution in [1.29, 1.82) is 0 Å². The van der Waals surface area contributed by atoms with Crippen LogP contribution in [0, 0.1) is 0 Å². The molecule has 1 atom stereocenters. The van der Waals surface area contributed by atoms with Crippen molar-refractivity contribution in [3.63, 3.8) is 0 Å². The fourth-order valence-corrected chi connectivity index (χ4v) is 3.29. The number of piperazine rings is 1. The lowest BCUT2D eigenvalue weighted by atomic mass is 9.96. The normalized spacial score (nSPS) is 22.4. The van der Waals surface area contributed by atoms with E-state index in [1.165, 1.54) is 4.90 Å². The molecule has 1 saturated heterocycles. The van der Waals surface area contributed by atoms with Gasteiger partial charge in [-0.05, 0) is 54.9 Å². The minimum Gasteiger partial charge on any atom is -0.340 e. The van der Waals surface area contributed by atoms with Crippen LogP contribution >= 0.6 is 31.9 Å². The summed E-state index contributed by atoms with van der Waals surface area (Å²) in [7, 11) is 0. The monoisotopic (exact) mass is 388 g/mol. The van der Waals surface area contributed by atoms with E-state index in [1.807, 2.05) is 18.2 Å². The maximum Gasteiger partial charge on any atom is 0.252 e. The van der Waals surface area contributed by atoms with Gasteiger partial charge in [-0.3, -0.25) is 14.5 Å². The van der Waals surface area contributed by atoms with Crippen molar-refractivity contribution in [3.05, 3.63) is 27.1 Å². The Labute approximate surface area is 128 Å². The number of nitrogens with zero attached hydrogens (tertiary/aromatic N) is 1. The molecule has 102 valence electrons. The number of carbonyl (C=O) groups excluding carboxylic acids is 2. The second-order valence-corrected chi connectivity index (χ2v) is 6.83. The van der Waals surface area contributed by atoms with Gasteiger partial charge in [0.2, 0.25) is 5.91 Å². The fraction of sp³-hybridized carbons (Fsp3) is 0.385. The van der Waals surface area contributed by atoms with Gasteiger partial charge in [0.15, 0.2) is 0 Å². The standard InChI is InChI=1S/C13H14Br2N2O2/c1-7-11(18)16-13(2,3)12(19)17(7)10-5-4-8(14)6-9(10)15/h4-7H,1-3H3,(H,16,18). The molecule has 19 heavy (non-hydrogen) atoms. The van der Waals surface area contributed by atoms with E-state index in [0.717, 1.165) is 8.95 Å². The molecule has 1 aliphatic heterocycles. The number of benzene rings is 1. The Hall–Kier alpha value is -0.880. The summed E-state index contributed by atoms with van der Waals surface area (Å²) in [4.78, 5) is 26.0. The Kier molecular flexibility index (Phi) is 3.75. The fourth-order valence-electron chi connectivity index (χ4n) is 2.05. The molecule has 2 amide bonds. The predicted molar refractivity (Wildman–Crippen MR) is 81.0 cm³/mol. The van der Waals surface area contributed by atoms with Crippen LogP contribution in [0.2, 0.25) is 0 Å². The molecule has 0 aliphatic carbocycles. The summed E-state index contributed by atoms with van der Waals surface area (Å²) < 4.78 is 1.68. The number of amides is 2. The van der Waals surface area contributed by atoms with Gasteiger partial charge in [-0.2, -0.15) is 0 Å². The van der Waals surface area contributed by atoms with Gasteiger partial charge >= 0.3 is 0 Å². The summed E-state index contributed by atoms with van der Waals surface area (Å²) in [6.45, 7) is 5.13. The Morgan fingerprint density at radius 1 is 1.26 bits per heavy atom. The smallest absolute Gasteiger partial charge is 0.252 e. The Balaban J connectivity index is 2.51. The quantitative estimate of drug-likeness (QED) is 0.802. The minimum atomic E-state index is -0.893. The highest BCUT2D eigenvalue weighted by molar-refractivity contribution is 9.11. The van der Waals surface area contributed by atoms with Crippen molar-refractivity contribution in [2.45, 2.75) is 32.4 Å². The van der Waals surface area contributed by atoms with Gasteiger partial charge in [-0.15, -0.1) is 0 Å². The van der Waals surface area contributed by atoms with E-state index in [1.54, 1.807) is 20.8 Å². The minimum absolute atomic E-state index is 0.123. The summed E-state index contributed by atoms with van der Waals surface area (Å²) in [6, 6.07) is 4.99. The zero-order chi connectivity index (χ0) is 14.4. The zero-order valence-electron chi connectivity index (χ0n) is 10.8. The van der Waals surface area contributed by atoms with E-state index in [4.69, 9.17) is 0 Å². The van der Waals surface area contributed by atoms with Gasteiger partial charge in [0.1, 0.15) is 11.6 Å². The lowest BCUT2D eigenvalue weighted by Gasteiger charge is -2.41. The predicted octanol–water partition coefficient (Wildman–Crippen LogP) is 2.84. The summed E-state index contributed by atoms with van der Waals surface area (Å²) >= 11 is 6.81. The number of rotatable bonds is 1. The van der Waals surface area contributed by atoms with Crippen molar-refractivity contribution in [2.24, 2.45) is 0 Å². The van der Waals surface area contributed by atoms with Crippen LogP contribution in [0.25, 0.3) is 0 Å². The SMILES string of the molecule is CC1C(=O)NC(C)(C)C(=O)N1c1ccc(Br)cc1Br. The highest BCUT2D eigenvalue weighted by Gasteiger charge is 2.44. The van der Waals surface area contributed by atoms with Crippen molar-refractivity contribution in [2.75, 3.05) is 4.90 Å². The molecule has 1 aromatic rings. The number of hydrogen-bond acceptors (Lipinski definition) is 2. The van der Waals surface area contributed by atoms with Gasteiger partial charge in [0.25, 0.3) is 5.91 Å². The molecule has 1 aromatic carbocycles. The molecule has 1 unspecified atom stereocenters. The third-order valence-corrected chi connectivity index (χ3v) is 4.25. The van der Waals surface area contributed by atoms with E-state index in [2.05, 4.69) is 37.2 Å². The van der Waals surface area contributed by atoms with Crippen LogP contribution in [0.1, 0.15) is 20.8 Å². The summed E-state index contributed by atoms with van der Waals surface area (Å²) in [5, 5.41) is 2.73. The summed E-state index contributed by atoms with van der Waals surface area (Å²) in [5.41, 5.74) is -0.195. The van der Waals surface area contributed by atoms with Crippen LogP contribution in [-0.4, -0.2) is 23.4 Å². The van der Waals surface area contributed by atoms with E-state index < -0.39 is 11.6 Å². The van der Waals surface area contributed by atoms with Gasteiger partial charge < -0.3 is 5.32 Å². The van der Waals surface area contributed by atoms with Crippen LogP contribution in [0.4, 0.5) is 5.69 Å². The van der Waals surface area contributed by atoms with Crippen molar-refractivity contribution < 1.29 is 9.59 Å². The Morgan fingerprint density at radius 2 is 1.89 bits per heavy atom. The highest BCUT2D eigenvalue weighted by atomic mass is 79.9. The van der Waals surface area contributed by atoms with E-state index >= 15 is 0 Å². The van der Waals surface area contributed by atoms with Crippen LogP contribution in [-0.2, 0) is 9.59 Å². The van der Waals surface area contributed by atoms with Crippen LogP contribution in [0.3, 0.4) is 0 Å². The Morgan fingerprint density at radius 3 is 2.47 bits per heavy atom. The van der Waals surface area contributed by atoms with Gasteiger partial charge in [-0.1, -0.05) is 15.9 Å². The molecule has 4 nitrogen and oxygen atoms in total. The molecule has 0 radical (unpaired) electrons. The molecule has 6 heteroatoms. The molecule has 1 heterocycles. The highest BCUT2D eigenvalue weighted by Crippen LogP contribution is 2.33. The molecule has 1 fully saturated rings. The van der Waals surface area contributed by atoms with Crippen LogP contribution < -0.4 is 10.2 Å². The summed E-state index contributed by atoms with van der Waals surface area (Å²) in [6.07, 6.45) is 0. The maximum atomic E-state index is 12.5. The molecule has 0 aromatic heterocycles. The van der Waals surface area contributed by atoms with Crippen LogP contribution in [0.5, 0.6) is 0 Å². The summed E-state index contributed by atoms with van der Waals surface area (Å²) in [5.74, 6) is -0.276. The molecule has 1 aliphatic rings. The maximum absolute atomic E-state index is 12.5. The van der Waals surface area contributed by atoms with E-state index in [-0.39, 0.29) is 11.8 Å². The number of anilines is 1. The molecular weight excluding hydrogens is 376 g/mol. The number of halogens is 2. The third kappa shape index (κ3) is 2.56. The lowest BCUT2D eigenvalue weighted by Crippen LogP contribution is -2.67. The zero-order valence-corrected chi connectivity index (χ0v) is 14.0. The molecule has 1 N–H and O–H groups in total. The third-order valence-electron chi connectivity index (χ3n) is 3.13. The first-order chi connectivity index (χ1) is 8.74. The number of carbonyl (C=O) groups is 2. The van der Waals surface area contributed by atoms with Gasteiger partial charge in [0.05, 0.1) is 5.69 Å². The lowest BCUT2D eigenvalue weighted by molar-refractivity contribution is -0.136. The largest absolute Gasteiger partial charge is 0.340 e. The van der Waals surface area contributed by atoms with Crippen molar-refractivity contribution in [1.82, 2.24) is 5.32 Å².